The first-order valence-electron chi connectivity index (χ1n) is 8.28. The summed E-state index contributed by atoms with van der Waals surface area (Å²) in [4.78, 5) is 12.8. The molecule has 2 aromatic rings. The van der Waals surface area contributed by atoms with E-state index in [1.54, 1.807) is 18.2 Å². The Balaban J connectivity index is 1.96. The summed E-state index contributed by atoms with van der Waals surface area (Å²) in [7, 11) is -2.25. The molecule has 27 heavy (non-hydrogen) atoms. The van der Waals surface area contributed by atoms with Crippen LogP contribution in [0.15, 0.2) is 41.3 Å². The largest absolute Gasteiger partial charge is 0.496 e. The van der Waals surface area contributed by atoms with Gasteiger partial charge in [-0.1, -0.05) is 29.3 Å². The van der Waals surface area contributed by atoms with E-state index in [9.17, 15) is 13.2 Å². The third kappa shape index (κ3) is 4.06. The fraction of sp³-hybridized carbons (Fsp3) is 0.278. The smallest absolute Gasteiger partial charge is 0.259 e. The summed E-state index contributed by atoms with van der Waals surface area (Å²) in [6.07, 6.45) is 1.66. The fourth-order valence-corrected chi connectivity index (χ4v) is 4.78. The van der Waals surface area contributed by atoms with Gasteiger partial charge in [-0.2, -0.15) is 4.31 Å². The molecule has 0 spiro atoms. The van der Waals surface area contributed by atoms with Crippen molar-refractivity contribution in [2.75, 3.05) is 25.5 Å². The summed E-state index contributed by atoms with van der Waals surface area (Å²) in [5, 5.41) is 3.15. The molecule has 144 valence electrons. The molecule has 1 saturated heterocycles. The monoisotopic (exact) mass is 428 g/mol. The second-order valence-electron chi connectivity index (χ2n) is 6.03. The Morgan fingerprint density at radius 1 is 1.15 bits per heavy atom. The third-order valence-corrected chi connectivity index (χ3v) is 7.03. The van der Waals surface area contributed by atoms with Crippen molar-refractivity contribution < 1.29 is 17.9 Å². The van der Waals surface area contributed by atoms with Crippen LogP contribution in [0.5, 0.6) is 5.75 Å². The number of carbonyl (C=O) groups is 1. The zero-order chi connectivity index (χ0) is 19.6. The van der Waals surface area contributed by atoms with E-state index in [1.165, 1.54) is 29.6 Å². The van der Waals surface area contributed by atoms with Crippen molar-refractivity contribution in [3.63, 3.8) is 0 Å². The molecule has 9 heteroatoms. The number of hydrogen-bond acceptors (Lipinski definition) is 4. The highest BCUT2D eigenvalue weighted by Crippen LogP contribution is 2.31. The minimum atomic E-state index is -3.66. The predicted octanol–water partition coefficient (Wildman–Crippen LogP) is 4.04. The standard InChI is InChI=1S/C18H18Cl2N2O4S/c1-26-16-8-7-12(27(24,25)22-9-2-3-10-22)11-13(16)18(23)21-15-6-4-5-14(19)17(15)20/h4-8,11H,2-3,9-10H2,1H3,(H,21,23). The maximum atomic E-state index is 12.8. The lowest BCUT2D eigenvalue weighted by atomic mass is 10.2. The number of nitrogens with zero attached hydrogens (tertiary/aromatic N) is 1. The molecule has 0 bridgehead atoms. The molecule has 1 fully saturated rings. The van der Waals surface area contributed by atoms with E-state index in [2.05, 4.69) is 5.32 Å². The van der Waals surface area contributed by atoms with Gasteiger partial charge in [0.25, 0.3) is 5.91 Å². The molecule has 0 aromatic heterocycles. The first-order valence-corrected chi connectivity index (χ1v) is 10.5. The van der Waals surface area contributed by atoms with Gasteiger partial charge in [-0.05, 0) is 43.2 Å². The Morgan fingerprint density at radius 2 is 1.85 bits per heavy atom. The lowest BCUT2D eigenvalue weighted by molar-refractivity contribution is 0.102. The van der Waals surface area contributed by atoms with Crippen LogP contribution in [-0.4, -0.2) is 38.8 Å². The highest BCUT2D eigenvalue weighted by atomic mass is 35.5. The first-order chi connectivity index (χ1) is 12.8. The third-order valence-electron chi connectivity index (χ3n) is 4.32. The van der Waals surface area contributed by atoms with Crippen LogP contribution in [-0.2, 0) is 10.0 Å². The minimum absolute atomic E-state index is 0.0486. The Kier molecular flexibility index (Phi) is 5.95. The number of rotatable bonds is 5. The quantitative estimate of drug-likeness (QED) is 0.779. The van der Waals surface area contributed by atoms with E-state index >= 15 is 0 Å². The van der Waals surface area contributed by atoms with Gasteiger partial charge in [0, 0.05) is 13.1 Å². The lowest BCUT2D eigenvalue weighted by Crippen LogP contribution is -2.28. The molecule has 1 N–H and O–H groups in total. The molecule has 3 rings (SSSR count). The molecule has 0 unspecified atom stereocenters. The van der Waals surface area contributed by atoms with Crippen LogP contribution in [0, 0.1) is 0 Å². The minimum Gasteiger partial charge on any atom is -0.496 e. The van der Waals surface area contributed by atoms with Gasteiger partial charge >= 0.3 is 0 Å². The van der Waals surface area contributed by atoms with Crippen molar-refractivity contribution in [1.29, 1.82) is 0 Å². The first kappa shape index (κ1) is 19.9. The Labute approximate surface area is 168 Å². The van der Waals surface area contributed by atoms with E-state index < -0.39 is 15.9 Å². The highest BCUT2D eigenvalue weighted by Gasteiger charge is 2.28. The maximum absolute atomic E-state index is 12.8. The van der Waals surface area contributed by atoms with Crippen LogP contribution in [0.1, 0.15) is 23.2 Å². The summed E-state index contributed by atoms with van der Waals surface area (Å²) in [6, 6.07) is 9.08. The number of methoxy groups -OCH3 is 1. The highest BCUT2D eigenvalue weighted by molar-refractivity contribution is 7.89. The Bertz CT molecular complexity index is 973. The van der Waals surface area contributed by atoms with Crippen LogP contribution in [0.4, 0.5) is 5.69 Å². The van der Waals surface area contributed by atoms with Crippen molar-refractivity contribution in [3.8, 4) is 5.75 Å². The van der Waals surface area contributed by atoms with E-state index in [4.69, 9.17) is 27.9 Å². The van der Waals surface area contributed by atoms with Gasteiger partial charge in [-0.15, -0.1) is 0 Å². The molecule has 1 aliphatic rings. The van der Waals surface area contributed by atoms with Crippen molar-refractivity contribution in [2.45, 2.75) is 17.7 Å². The zero-order valence-electron chi connectivity index (χ0n) is 14.5. The molecule has 6 nitrogen and oxygen atoms in total. The lowest BCUT2D eigenvalue weighted by Gasteiger charge is -2.17. The number of nitrogens with one attached hydrogen (secondary N) is 1. The van der Waals surface area contributed by atoms with Gasteiger partial charge in [-0.25, -0.2) is 8.42 Å². The summed E-state index contributed by atoms with van der Waals surface area (Å²) >= 11 is 12.1. The summed E-state index contributed by atoms with van der Waals surface area (Å²) < 4.78 is 32.2. The summed E-state index contributed by atoms with van der Waals surface area (Å²) in [6.45, 7) is 0.960. The van der Waals surface area contributed by atoms with E-state index in [0.717, 1.165) is 12.8 Å². The molecule has 0 radical (unpaired) electrons. The molecule has 1 amide bonds. The SMILES string of the molecule is COc1ccc(S(=O)(=O)N2CCCC2)cc1C(=O)Nc1cccc(Cl)c1Cl. The van der Waals surface area contributed by atoms with Crippen LogP contribution in [0.2, 0.25) is 10.0 Å². The molecule has 2 aromatic carbocycles. The number of amides is 1. The molecular weight excluding hydrogens is 411 g/mol. The zero-order valence-corrected chi connectivity index (χ0v) is 16.9. The number of halogens is 2. The molecule has 0 aliphatic carbocycles. The van der Waals surface area contributed by atoms with Crippen LogP contribution in [0.25, 0.3) is 0 Å². The molecule has 1 heterocycles. The van der Waals surface area contributed by atoms with Crippen molar-refractivity contribution in [1.82, 2.24) is 4.31 Å². The molecular formula is C18H18Cl2N2O4S. The van der Waals surface area contributed by atoms with Crippen LogP contribution in [0.3, 0.4) is 0 Å². The number of benzene rings is 2. The average molecular weight is 429 g/mol. The van der Waals surface area contributed by atoms with Crippen LogP contribution >= 0.6 is 23.2 Å². The number of sulfonamides is 1. The Morgan fingerprint density at radius 3 is 2.52 bits per heavy atom. The molecule has 0 atom stereocenters. The van der Waals surface area contributed by atoms with Gasteiger partial charge in [0.2, 0.25) is 10.0 Å². The topological polar surface area (TPSA) is 75.7 Å². The van der Waals surface area contributed by atoms with Crippen molar-refractivity contribution >= 4 is 44.8 Å². The van der Waals surface area contributed by atoms with Crippen molar-refractivity contribution in [3.05, 3.63) is 52.0 Å². The van der Waals surface area contributed by atoms with Gasteiger partial charge < -0.3 is 10.1 Å². The predicted molar refractivity (Wildman–Crippen MR) is 105 cm³/mol. The van der Waals surface area contributed by atoms with Gasteiger partial charge in [0.05, 0.1) is 33.3 Å². The van der Waals surface area contributed by atoms with E-state index in [-0.39, 0.29) is 21.2 Å². The van der Waals surface area contributed by atoms with Crippen molar-refractivity contribution in [2.24, 2.45) is 0 Å². The number of ether oxygens (including phenoxy) is 1. The second kappa shape index (κ2) is 8.06. The van der Waals surface area contributed by atoms with E-state index in [1.807, 2.05) is 0 Å². The summed E-state index contributed by atoms with van der Waals surface area (Å²) in [5.74, 6) is -0.291. The maximum Gasteiger partial charge on any atom is 0.259 e. The average Bonchev–Trinajstić information content (AvgIpc) is 3.20. The Hall–Kier alpha value is -1.80. The van der Waals surface area contributed by atoms with Gasteiger partial charge in [-0.3, -0.25) is 4.79 Å². The van der Waals surface area contributed by atoms with Crippen LogP contribution < -0.4 is 10.1 Å². The molecule has 1 aliphatic heterocycles. The number of carbonyl (C=O) groups excluding carboxylic acids is 1. The summed E-state index contributed by atoms with van der Waals surface area (Å²) in [5.41, 5.74) is 0.415. The second-order valence-corrected chi connectivity index (χ2v) is 8.75. The van der Waals surface area contributed by atoms with E-state index in [0.29, 0.717) is 23.8 Å². The number of anilines is 1. The number of hydrogen-bond donors (Lipinski definition) is 1. The normalized spacial score (nSPS) is 14.9. The van der Waals surface area contributed by atoms with Gasteiger partial charge in [0.15, 0.2) is 0 Å². The molecule has 0 saturated carbocycles. The fourth-order valence-electron chi connectivity index (χ4n) is 2.89. The van der Waals surface area contributed by atoms with Gasteiger partial charge in [0.1, 0.15) is 5.75 Å².